The standard InChI is InChI=1S/C14H11BrN2O/c15-13-5-3-11(4-6-13)14(18,7-8-16)12-2-1-9-17-10-12/h1-6,9-10,18H,7H2. The lowest BCUT2D eigenvalue weighted by molar-refractivity contribution is 0.0856. The zero-order valence-electron chi connectivity index (χ0n) is 9.55. The highest BCUT2D eigenvalue weighted by Crippen LogP contribution is 2.32. The van der Waals surface area contributed by atoms with Gasteiger partial charge in [-0.1, -0.05) is 34.1 Å². The Morgan fingerprint density at radius 2 is 1.94 bits per heavy atom. The summed E-state index contributed by atoms with van der Waals surface area (Å²) in [5.41, 5.74) is -0.0157. The van der Waals surface area contributed by atoms with Crippen LogP contribution in [0.5, 0.6) is 0 Å². The van der Waals surface area contributed by atoms with Gasteiger partial charge in [-0.25, -0.2) is 0 Å². The van der Waals surface area contributed by atoms with Gasteiger partial charge in [0.2, 0.25) is 0 Å². The summed E-state index contributed by atoms with van der Waals surface area (Å²) < 4.78 is 0.928. The normalized spacial score (nSPS) is 13.6. The van der Waals surface area contributed by atoms with E-state index in [9.17, 15) is 5.11 Å². The first-order valence-corrected chi connectivity index (χ1v) is 6.22. The smallest absolute Gasteiger partial charge is 0.129 e. The van der Waals surface area contributed by atoms with Gasteiger partial charge >= 0.3 is 0 Å². The summed E-state index contributed by atoms with van der Waals surface area (Å²) >= 11 is 3.35. The Morgan fingerprint density at radius 3 is 2.50 bits per heavy atom. The molecule has 1 aromatic carbocycles. The molecule has 1 N–H and O–H groups in total. The molecule has 0 radical (unpaired) electrons. The molecule has 1 unspecified atom stereocenters. The second-order valence-corrected chi connectivity index (χ2v) is 4.86. The van der Waals surface area contributed by atoms with Gasteiger partial charge in [-0.2, -0.15) is 5.26 Å². The third-order valence-electron chi connectivity index (χ3n) is 2.80. The quantitative estimate of drug-likeness (QED) is 0.948. The maximum atomic E-state index is 10.8. The summed E-state index contributed by atoms with van der Waals surface area (Å²) in [7, 11) is 0. The van der Waals surface area contributed by atoms with E-state index in [1.54, 1.807) is 36.7 Å². The Morgan fingerprint density at radius 1 is 1.22 bits per heavy atom. The highest BCUT2D eigenvalue weighted by Gasteiger charge is 2.31. The second-order valence-electron chi connectivity index (χ2n) is 3.94. The highest BCUT2D eigenvalue weighted by atomic mass is 79.9. The Bertz CT molecular complexity index is 563. The van der Waals surface area contributed by atoms with Gasteiger partial charge in [-0.05, 0) is 23.8 Å². The van der Waals surface area contributed by atoms with Crippen molar-refractivity contribution in [2.45, 2.75) is 12.0 Å². The largest absolute Gasteiger partial charge is 0.379 e. The van der Waals surface area contributed by atoms with Crippen LogP contribution in [0.3, 0.4) is 0 Å². The average Bonchev–Trinajstić information content (AvgIpc) is 2.40. The van der Waals surface area contributed by atoms with E-state index in [0.29, 0.717) is 11.1 Å². The number of nitriles is 1. The maximum Gasteiger partial charge on any atom is 0.129 e. The average molecular weight is 303 g/mol. The second kappa shape index (κ2) is 5.30. The molecule has 90 valence electrons. The zero-order valence-corrected chi connectivity index (χ0v) is 11.1. The molecule has 0 saturated carbocycles. The summed E-state index contributed by atoms with van der Waals surface area (Å²) in [6, 6.07) is 12.8. The van der Waals surface area contributed by atoms with E-state index in [2.05, 4.69) is 20.9 Å². The fourth-order valence-corrected chi connectivity index (χ4v) is 2.08. The summed E-state index contributed by atoms with van der Waals surface area (Å²) in [5.74, 6) is 0. The van der Waals surface area contributed by atoms with Crippen LogP contribution >= 0.6 is 15.9 Å². The molecule has 0 aliphatic rings. The minimum atomic E-state index is -1.32. The van der Waals surface area contributed by atoms with Crippen LogP contribution in [0.4, 0.5) is 0 Å². The predicted octanol–water partition coefficient (Wildman–Crippen LogP) is 2.99. The molecule has 0 amide bonds. The number of rotatable bonds is 3. The Kier molecular flexibility index (Phi) is 3.75. The first-order valence-electron chi connectivity index (χ1n) is 5.43. The molecule has 2 rings (SSSR count). The minimum absolute atomic E-state index is 0.0136. The van der Waals surface area contributed by atoms with Gasteiger partial charge in [0.1, 0.15) is 5.60 Å². The predicted molar refractivity (Wildman–Crippen MR) is 71.6 cm³/mol. The van der Waals surface area contributed by atoms with Crippen molar-refractivity contribution in [2.75, 3.05) is 0 Å². The third-order valence-corrected chi connectivity index (χ3v) is 3.32. The SMILES string of the molecule is N#CCC(O)(c1ccc(Br)cc1)c1cccnc1. The first kappa shape index (κ1) is 12.7. The van der Waals surface area contributed by atoms with Crippen molar-refractivity contribution < 1.29 is 5.11 Å². The van der Waals surface area contributed by atoms with Crippen molar-refractivity contribution in [1.82, 2.24) is 4.98 Å². The van der Waals surface area contributed by atoms with Crippen molar-refractivity contribution in [3.05, 3.63) is 64.4 Å². The number of halogens is 1. The van der Waals surface area contributed by atoms with Gasteiger partial charge in [0.05, 0.1) is 12.5 Å². The van der Waals surface area contributed by atoms with Crippen LogP contribution in [0.1, 0.15) is 17.5 Å². The lowest BCUT2D eigenvalue weighted by atomic mass is 9.85. The Hall–Kier alpha value is -1.70. The molecule has 1 aromatic heterocycles. The van der Waals surface area contributed by atoms with Crippen molar-refractivity contribution in [3.8, 4) is 6.07 Å². The van der Waals surface area contributed by atoms with Gasteiger partial charge < -0.3 is 5.11 Å². The Labute approximate surface area is 114 Å². The van der Waals surface area contributed by atoms with E-state index in [4.69, 9.17) is 5.26 Å². The van der Waals surface area contributed by atoms with Crippen LogP contribution in [-0.2, 0) is 5.60 Å². The van der Waals surface area contributed by atoms with E-state index in [1.165, 1.54) is 0 Å². The molecular formula is C14H11BrN2O. The van der Waals surface area contributed by atoms with Crippen LogP contribution in [0.15, 0.2) is 53.3 Å². The van der Waals surface area contributed by atoms with Crippen LogP contribution < -0.4 is 0 Å². The number of aromatic nitrogens is 1. The van der Waals surface area contributed by atoms with Gasteiger partial charge in [0.25, 0.3) is 0 Å². The number of hydrogen-bond donors (Lipinski definition) is 1. The lowest BCUT2D eigenvalue weighted by Gasteiger charge is -2.26. The molecule has 0 bridgehead atoms. The van der Waals surface area contributed by atoms with E-state index >= 15 is 0 Å². The van der Waals surface area contributed by atoms with Crippen molar-refractivity contribution >= 4 is 15.9 Å². The highest BCUT2D eigenvalue weighted by molar-refractivity contribution is 9.10. The number of hydrogen-bond acceptors (Lipinski definition) is 3. The number of benzene rings is 1. The number of nitrogens with zero attached hydrogens (tertiary/aromatic N) is 2. The topological polar surface area (TPSA) is 56.9 Å². The molecule has 1 heterocycles. The van der Waals surface area contributed by atoms with Crippen LogP contribution in [0.2, 0.25) is 0 Å². The van der Waals surface area contributed by atoms with E-state index in [1.807, 2.05) is 18.2 Å². The van der Waals surface area contributed by atoms with Crippen molar-refractivity contribution in [2.24, 2.45) is 0 Å². The monoisotopic (exact) mass is 302 g/mol. The minimum Gasteiger partial charge on any atom is -0.379 e. The van der Waals surface area contributed by atoms with Crippen molar-refractivity contribution in [3.63, 3.8) is 0 Å². The van der Waals surface area contributed by atoms with Gasteiger partial charge in [0, 0.05) is 22.4 Å². The molecule has 0 saturated heterocycles. The maximum absolute atomic E-state index is 10.8. The molecule has 2 aromatic rings. The van der Waals surface area contributed by atoms with Crippen LogP contribution in [0.25, 0.3) is 0 Å². The van der Waals surface area contributed by atoms with E-state index in [-0.39, 0.29) is 6.42 Å². The zero-order chi connectivity index (χ0) is 13.0. The van der Waals surface area contributed by atoms with Gasteiger partial charge in [-0.3, -0.25) is 4.98 Å². The summed E-state index contributed by atoms with van der Waals surface area (Å²) in [4.78, 5) is 4.00. The summed E-state index contributed by atoms with van der Waals surface area (Å²) in [5, 5.41) is 19.7. The summed E-state index contributed by atoms with van der Waals surface area (Å²) in [6.45, 7) is 0. The lowest BCUT2D eigenvalue weighted by Crippen LogP contribution is -2.26. The molecule has 0 spiro atoms. The number of aliphatic hydroxyl groups is 1. The number of pyridine rings is 1. The molecular weight excluding hydrogens is 292 g/mol. The van der Waals surface area contributed by atoms with Crippen molar-refractivity contribution in [1.29, 1.82) is 5.26 Å². The molecule has 18 heavy (non-hydrogen) atoms. The van der Waals surface area contributed by atoms with E-state index < -0.39 is 5.60 Å². The molecule has 1 atom stereocenters. The first-order chi connectivity index (χ1) is 8.66. The third kappa shape index (κ3) is 2.42. The molecule has 0 aliphatic heterocycles. The molecule has 4 heteroatoms. The molecule has 3 nitrogen and oxygen atoms in total. The molecule has 0 aliphatic carbocycles. The van der Waals surface area contributed by atoms with Gasteiger partial charge in [-0.15, -0.1) is 0 Å². The fraction of sp³-hybridized carbons (Fsp3) is 0.143. The van der Waals surface area contributed by atoms with Crippen LogP contribution in [0, 0.1) is 11.3 Å². The van der Waals surface area contributed by atoms with E-state index in [0.717, 1.165) is 4.47 Å². The van der Waals surface area contributed by atoms with Gasteiger partial charge in [0.15, 0.2) is 0 Å². The summed E-state index contributed by atoms with van der Waals surface area (Å²) in [6.07, 6.45) is 3.21. The fourth-order valence-electron chi connectivity index (χ4n) is 1.82. The Balaban J connectivity index is 2.51. The van der Waals surface area contributed by atoms with Crippen LogP contribution in [-0.4, -0.2) is 10.1 Å². The molecule has 0 fully saturated rings.